The Bertz CT molecular complexity index is 509. The molecule has 1 aromatic carbocycles. The van der Waals surface area contributed by atoms with Crippen LogP contribution in [0.5, 0.6) is 5.75 Å². The molecule has 114 valence electrons. The summed E-state index contributed by atoms with van der Waals surface area (Å²) >= 11 is 0. The minimum atomic E-state index is -1.19. The Kier molecular flexibility index (Phi) is 7.14. The molecule has 0 aliphatic carbocycles. The molecule has 1 N–H and O–H groups in total. The first-order valence-corrected chi connectivity index (χ1v) is 6.33. The zero-order valence-electron chi connectivity index (χ0n) is 11.8. The summed E-state index contributed by atoms with van der Waals surface area (Å²) in [6.07, 6.45) is 1.97. The van der Waals surface area contributed by atoms with Crippen LogP contribution >= 0.6 is 0 Å². The third kappa shape index (κ3) is 4.70. The highest BCUT2D eigenvalue weighted by Gasteiger charge is 2.17. The van der Waals surface area contributed by atoms with Crippen LogP contribution in [-0.4, -0.2) is 50.9 Å². The SMILES string of the molecule is C=Cc1ccc(C(=O)O)c(C=O)c1OCCOCCOC. The highest BCUT2D eigenvalue weighted by Crippen LogP contribution is 2.27. The van der Waals surface area contributed by atoms with E-state index in [-0.39, 0.29) is 23.5 Å². The number of hydrogen-bond donors (Lipinski definition) is 1. The molecule has 6 nitrogen and oxygen atoms in total. The largest absolute Gasteiger partial charge is 0.490 e. The summed E-state index contributed by atoms with van der Waals surface area (Å²) in [7, 11) is 1.57. The molecule has 1 aromatic rings. The second-order valence-corrected chi connectivity index (χ2v) is 4.03. The molecule has 0 atom stereocenters. The van der Waals surface area contributed by atoms with Crippen molar-refractivity contribution in [2.24, 2.45) is 0 Å². The van der Waals surface area contributed by atoms with E-state index in [0.29, 0.717) is 31.7 Å². The molecule has 0 spiro atoms. The smallest absolute Gasteiger partial charge is 0.336 e. The Balaban J connectivity index is 2.83. The van der Waals surface area contributed by atoms with E-state index in [4.69, 9.17) is 19.3 Å². The summed E-state index contributed by atoms with van der Waals surface area (Å²) in [6, 6.07) is 2.90. The van der Waals surface area contributed by atoms with Gasteiger partial charge in [-0.2, -0.15) is 0 Å². The average Bonchev–Trinajstić information content (AvgIpc) is 2.49. The number of carboxylic acids is 1. The van der Waals surface area contributed by atoms with Gasteiger partial charge in [-0.15, -0.1) is 0 Å². The molecular weight excluding hydrogens is 276 g/mol. The summed E-state index contributed by atoms with van der Waals surface area (Å²) in [5.41, 5.74) is 0.446. The summed E-state index contributed by atoms with van der Waals surface area (Å²) in [6.45, 7) is 5.02. The second kappa shape index (κ2) is 8.89. The number of aromatic carboxylic acids is 1. The van der Waals surface area contributed by atoms with E-state index < -0.39 is 5.97 Å². The van der Waals surface area contributed by atoms with E-state index in [1.165, 1.54) is 12.1 Å². The molecule has 1 rings (SSSR count). The van der Waals surface area contributed by atoms with E-state index in [9.17, 15) is 9.59 Å². The number of methoxy groups -OCH3 is 1. The lowest BCUT2D eigenvalue weighted by Gasteiger charge is -2.13. The molecule has 0 aliphatic heterocycles. The monoisotopic (exact) mass is 294 g/mol. The Morgan fingerprint density at radius 2 is 2.00 bits per heavy atom. The normalized spacial score (nSPS) is 10.1. The van der Waals surface area contributed by atoms with Gasteiger partial charge in [-0.3, -0.25) is 4.79 Å². The highest BCUT2D eigenvalue weighted by atomic mass is 16.5. The van der Waals surface area contributed by atoms with Crippen molar-refractivity contribution in [1.82, 2.24) is 0 Å². The van der Waals surface area contributed by atoms with E-state index in [0.717, 1.165) is 0 Å². The van der Waals surface area contributed by atoms with E-state index in [1.807, 2.05) is 0 Å². The fourth-order valence-electron chi connectivity index (χ4n) is 1.69. The highest BCUT2D eigenvalue weighted by molar-refractivity contribution is 6.00. The Labute approximate surface area is 122 Å². The van der Waals surface area contributed by atoms with Crippen molar-refractivity contribution in [1.29, 1.82) is 0 Å². The molecule has 0 aliphatic rings. The lowest BCUT2D eigenvalue weighted by atomic mass is 10.0. The molecule has 0 heterocycles. The van der Waals surface area contributed by atoms with Gasteiger partial charge in [0, 0.05) is 12.7 Å². The Morgan fingerprint density at radius 1 is 1.29 bits per heavy atom. The third-order valence-electron chi connectivity index (χ3n) is 2.70. The van der Waals surface area contributed by atoms with Gasteiger partial charge in [-0.05, 0) is 6.07 Å². The van der Waals surface area contributed by atoms with Crippen molar-refractivity contribution >= 4 is 18.3 Å². The van der Waals surface area contributed by atoms with E-state index in [1.54, 1.807) is 13.2 Å². The van der Waals surface area contributed by atoms with Crippen molar-refractivity contribution in [2.75, 3.05) is 33.5 Å². The van der Waals surface area contributed by atoms with Gasteiger partial charge >= 0.3 is 5.97 Å². The van der Waals surface area contributed by atoms with Gasteiger partial charge in [0.05, 0.1) is 30.9 Å². The summed E-state index contributed by atoms with van der Waals surface area (Å²) in [5.74, 6) is -0.982. The maximum absolute atomic E-state index is 11.2. The maximum Gasteiger partial charge on any atom is 0.336 e. The number of carbonyl (C=O) groups excluding carboxylic acids is 1. The molecule has 21 heavy (non-hydrogen) atoms. The topological polar surface area (TPSA) is 82.1 Å². The lowest BCUT2D eigenvalue weighted by molar-refractivity contribution is 0.0541. The van der Waals surface area contributed by atoms with Crippen LogP contribution in [0, 0.1) is 0 Å². The number of carboxylic acid groups (broad SMARTS) is 1. The van der Waals surface area contributed by atoms with Crippen LogP contribution in [0.4, 0.5) is 0 Å². The van der Waals surface area contributed by atoms with Gasteiger partial charge in [-0.1, -0.05) is 18.7 Å². The fourth-order valence-corrected chi connectivity index (χ4v) is 1.69. The number of carbonyl (C=O) groups is 2. The van der Waals surface area contributed by atoms with Gasteiger partial charge in [0.1, 0.15) is 12.4 Å². The Morgan fingerprint density at radius 3 is 2.57 bits per heavy atom. The number of rotatable bonds is 10. The first-order chi connectivity index (χ1) is 10.2. The molecule has 0 radical (unpaired) electrons. The minimum Gasteiger partial charge on any atom is -0.490 e. The number of benzene rings is 1. The molecular formula is C15H18O6. The molecule has 0 bridgehead atoms. The second-order valence-electron chi connectivity index (χ2n) is 4.03. The molecule has 6 heteroatoms. The first-order valence-electron chi connectivity index (χ1n) is 6.33. The zero-order chi connectivity index (χ0) is 15.7. The summed E-state index contributed by atoms with van der Waals surface area (Å²) in [5, 5.41) is 9.07. The molecule has 0 saturated carbocycles. The van der Waals surface area contributed by atoms with Crippen LogP contribution < -0.4 is 4.74 Å². The van der Waals surface area contributed by atoms with Crippen LogP contribution in [0.2, 0.25) is 0 Å². The van der Waals surface area contributed by atoms with Crippen molar-refractivity contribution < 1.29 is 28.9 Å². The molecule has 0 fully saturated rings. The van der Waals surface area contributed by atoms with Crippen LogP contribution in [0.3, 0.4) is 0 Å². The summed E-state index contributed by atoms with van der Waals surface area (Å²) < 4.78 is 15.6. The van der Waals surface area contributed by atoms with Gasteiger partial charge in [-0.25, -0.2) is 4.79 Å². The van der Waals surface area contributed by atoms with Gasteiger partial charge in [0.15, 0.2) is 6.29 Å². The molecule has 0 aromatic heterocycles. The number of hydrogen-bond acceptors (Lipinski definition) is 5. The molecule has 0 amide bonds. The maximum atomic E-state index is 11.2. The lowest BCUT2D eigenvalue weighted by Crippen LogP contribution is -2.13. The van der Waals surface area contributed by atoms with Crippen molar-refractivity contribution in [3.05, 3.63) is 35.4 Å². The first kappa shape index (κ1) is 16.9. The van der Waals surface area contributed by atoms with Crippen molar-refractivity contribution in [3.8, 4) is 5.75 Å². The van der Waals surface area contributed by atoms with Gasteiger partial charge in [0.25, 0.3) is 0 Å². The standard InChI is InChI=1S/C15H18O6/c1-3-11-4-5-12(15(17)18)13(10-16)14(11)21-9-8-20-7-6-19-2/h3-5,10H,1,6-9H2,2H3,(H,17,18). The fraction of sp³-hybridized carbons (Fsp3) is 0.333. The van der Waals surface area contributed by atoms with Gasteiger partial charge < -0.3 is 19.3 Å². The number of aldehydes is 1. The van der Waals surface area contributed by atoms with Crippen LogP contribution in [0.15, 0.2) is 18.7 Å². The van der Waals surface area contributed by atoms with E-state index in [2.05, 4.69) is 6.58 Å². The third-order valence-corrected chi connectivity index (χ3v) is 2.70. The van der Waals surface area contributed by atoms with Crippen LogP contribution in [0.1, 0.15) is 26.3 Å². The minimum absolute atomic E-state index is 0.00297. The number of ether oxygens (including phenoxy) is 3. The van der Waals surface area contributed by atoms with Gasteiger partial charge in [0.2, 0.25) is 0 Å². The quantitative estimate of drug-likeness (QED) is 0.524. The average molecular weight is 294 g/mol. The van der Waals surface area contributed by atoms with Crippen molar-refractivity contribution in [2.45, 2.75) is 0 Å². The zero-order valence-corrected chi connectivity index (χ0v) is 11.8. The van der Waals surface area contributed by atoms with Crippen LogP contribution in [0.25, 0.3) is 6.08 Å². The van der Waals surface area contributed by atoms with E-state index >= 15 is 0 Å². The van der Waals surface area contributed by atoms with Crippen molar-refractivity contribution in [3.63, 3.8) is 0 Å². The Hall–Kier alpha value is -2.18. The van der Waals surface area contributed by atoms with Crippen LogP contribution in [-0.2, 0) is 9.47 Å². The predicted molar refractivity (Wildman–Crippen MR) is 77.1 cm³/mol. The molecule has 0 saturated heterocycles. The summed E-state index contributed by atoms with van der Waals surface area (Å²) in [4.78, 5) is 22.3. The molecule has 0 unspecified atom stereocenters. The predicted octanol–water partition coefficient (Wildman–Crippen LogP) is 1.88.